The molecule has 2 atom stereocenters. The van der Waals surface area contributed by atoms with Crippen LogP contribution in [0.3, 0.4) is 0 Å². The second-order valence-corrected chi connectivity index (χ2v) is 4.85. The van der Waals surface area contributed by atoms with E-state index in [-0.39, 0.29) is 5.92 Å². The zero-order valence-corrected chi connectivity index (χ0v) is 10.3. The van der Waals surface area contributed by atoms with Crippen LogP contribution in [0.4, 0.5) is 0 Å². The molecule has 2 unspecified atom stereocenters. The number of hydrogen-bond donors (Lipinski definition) is 3. The van der Waals surface area contributed by atoms with Crippen LogP contribution in [0.2, 0.25) is 0 Å². The number of likely N-dealkylation sites (tertiary alicyclic amines) is 1. The number of nitrogens with two attached hydrogens (primary N) is 1. The van der Waals surface area contributed by atoms with E-state index in [4.69, 9.17) is 10.9 Å². The van der Waals surface area contributed by atoms with Crippen LogP contribution in [-0.2, 0) is 0 Å². The summed E-state index contributed by atoms with van der Waals surface area (Å²) in [6.45, 7) is 6.14. The minimum atomic E-state index is 0.0892. The van der Waals surface area contributed by atoms with Crippen LogP contribution in [0.15, 0.2) is 5.16 Å². The molecular formula is C11H24N4O. The van der Waals surface area contributed by atoms with Crippen LogP contribution in [0, 0.1) is 11.8 Å². The lowest BCUT2D eigenvalue weighted by atomic mass is 9.98. The Balaban J connectivity index is 2.15. The third-order valence-corrected chi connectivity index (χ3v) is 3.23. The molecule has 0 aromatic rings. The summed E-state index contributed by atoms with van der Waals surface area (Å²) in [5.41, 5.74) is 5.51. The van der Waals surface area contributed by atoms with E-state index in [1.54, 1.807) is 0 Å². The van der Waals surface area contributed by atoms with E-state index in [0.29, 0.717) is 5.84 Å². The molecule has 0 amide bonds. The highest BCUT2D eigenvalue weighted by Gasteiger charge is 2.17. The highest BCUT2D eigenvalue weighted by molar-refractivity contribution is 5.82. The lowest BCUT2D eigenvalue weighted by molar-refractivity contribution is 0.206. The molecule has 1 saturated heterocycles. The van der Waals surface area contributed by atoms with Crippen LogP contribution in [0.25, 0.3) is 0 Å². The highest BCUT2D eigenvalue weighted by atomic mass is 16.4. The molecule has 1 rings (SSSR count). The van der Waals surface area contributed by atoms with Gasteiger partial charge in [-0.1, -0.05) is 12.1 Å². The van der Waals surface area contributed by atoms with Gasteiger partial charge in [-0.05, 0) is 38.9 Å². The van der Waals surface area contributed by atoms with Crippen LogP contribution < -0.4 is 11.1 Å². The van der Waals surface area contributed by atoms with E-state index in [2.05, 4.69) is 22.4 Å². The van der Waals surface area contributed by atoms with Crippen molar-refractivity contribution < 1.29 is 5.21 Å². The Morgan fingerprint density at radius 2 is 2.44 bits per heavy atom. The summed E-state index contributed by atoms with van der Waals surface area (Å²) < 4.78 is 0. The number of nitrogens with zero attached hydrogens (tertiary/aromatic N) is 2. The Morgan fingerprint density at radius 3 is 3.06 bits per heavy atom. The maximum Gasteiger partial charge on any atom is 0.143 e. The minimum Gasteiger partial charge on any atom is -0.409 e. The first kappa shape index (κ1) is 13.3. The van der Waals surface area contributed by atoms with Gasteiger partial charge in [0.2, 0.25) is 0 Å². The van der Waals surface area contributed by atoms with Gasteiger partial charge in [-0.2, -0.15) is 0 Å². The fourth-order valence-corrected chi connectivity index (χ4v) is 2.15. The van der Waals surface area contributed by atoms with Gasteiger partial charge < -0.3 is 21.2 Å². The van der Waals surface area contributed by atoms with Gasteiger partial charge in [0.1, 0.15) is 5.84 Å². The van der Waals surface area contributed by atoms with Crippen molar-refractivity contribution in [3.63, 3.8) is 0 Å². The zero-order valence-electron chi connectivity index (χ0n) is 10.3. The average Bonchev–Trinajstić information content (AvgIpc) is 2.28. The van der Waals surface area contributed by atoms with E-state index in [0.717, 1.165) is 19.0 Å². The second-order valence-electron chi connectivity index (χ2n) is 4.85. The molecule has 1 aliphatic rings. The molecular weight excluding hydrogens is 204 g/mol. The van der Waals surface area contributed by atoms with Gasteiger partial charge in [0.15, 0.2) is 0 Å². The number of hydrogen-bond acceptors (Lipinski definition) is 4. The predicted octanol–water partition coefficient (Wildman–Crippen LogP) is 0.300. The molecule has 1 fully saturated rings. The summed E-state index contributed by atoms with van der Waals surface area (Å²) in [6, 6.07) is 0. The Morgan fingerprint density at radius 1 is 1.69 bits per heavy atom. The quantitative estimate of drug-likeness (QED) is 0.274. The number of piperidine rings is 1. The first-order valence-electron chi connectivity index (χ1n) is 6.00. The van der Waals surface area contributed by atoms with Gasteiger partial charge in [0, 0.05) is 19.0 Å². The summed E-state index contributed by atoms with van der Waals surface area (Å²) in [7, 11) is 2.17. The van der Waals surface area contributed by atoms with Gasteiger partial charge in [0.05, 0.1) is 0 Å². The molecule has 5 nitrogen and oxygen atoms in total. The molecule has 0 spiro atoms. The van der Waals surface area contributed by atoms with Crippen LogP contribution >= 0.6 is 0 Å². The zero-order chi connectivity index (χ0) is 12.0. The molecule has 4 N–H and O–H groups in total. The molecule has 94 valence electrons. The summed E-state index contributed by atoms with van der Waals surface area (Å²) in [6.07, 6.45) is 2.59. The molecule has 0 aliphatic carbocycles. The molecule has 0 aromatic heterocycles. The monoisotopic (exact) mass is 228 g/mol. The van der Waals surface area contributed by atoms with Crippen molar-refractivity contribution in [1.29, 1.82) is 0 Å². The Hall–Kier alpha value is -0.810. The van der Waals surface area contributed by atoms with E-state index in [9.17, 15) is 0 Å². The molecule has 1 heterocycles. The maximum absolute atomic E-state index is 8.52. The van der Waals surface area contributed by atoms with Crippen LogP contribution in [0.5, 0.6) is 0 Å². The van der Waals surface area contributed by atoms with Gasteiger partial charge >= 0.3 is 0 Å². The van der Waals surface area contributed by atoms with Gasteiger partial charge in [-0.15, -0.1) is 0 Å². The van der Waals surface area contributed by atoms with E-state index < -0.39 is 0 Å². The standard InChI is InChI=1S/C11H24N4O/c1-9(11(12)14-16)6-13-7-10-4-3-5-15(2)8-10/h9-10,13,16H,3-8H2,1-2H3,(H2,12,14). The molecule has 1 aliphatic heterocycles. The van der Waals surface area contributed by atoms with Crippen molar-refractivity contribution in [2.45, 2.75) is 19.8 Å². The molecule has 0 bridgehead atoms. The molecule has 0 radical (unpaired) electrons. The average molecular weight is 228 g/mol. The second kappa shape index (κ2) is 6.70. The Labute approximate surface area is 97.7 Å². The number of nitrogens with one attached hydrogen (secondary N) is 1. The van der Waals surface area contributed by atoms with Crippen LogP contribution in [0.1, 0.15) is 19.8 Å². The topological polar surface area (TPSA) is 73.9 Å². The number of amidine groups is 1. The summed E-state index contributed by atoms with van der Waals surface area (Å²) in [5, 5.41) is 14.9. The first-order chi connectivity index (χ1) is 7.63. The molecule has 0 saturated carbocycles. The van der Waals surface area contributed by atoms with Crippen LogP contribution in [-0.4, -0.2) is 49.2 Å². The van der Waals surface area contributed by atoms with E-state index in [1.807, 2.05) is 6.92 Å². The Bertz CT molecular complexity index is 232. The predicted molar refractivity (Wildman–Crippen MR) is 65.7 cm³/mol. The third-order valence-electron chi connectivity index (χ3n) is 3.23. The van der Waals surface area contributed by atoms with Crippen molar-refractivity contribution in [3.8, 4) is 0 Å². The molecule has 0 aromatic carbocycles. The summed E-state index contributed by atoms with van der Waals surface area (Å²) >= 11 is 0. The minimum absolute atomic E-state index is 0.0892. The van der Waals surface area contributed by atoms with Crippen molar-refractivity contribution in [2.24, 2.45) is 22.7 Å². The first-order valence-corrected chi connectivity index (χ1v) is 6.00. The fraction of sp³-hybridized carbons (Fsp3) is 0.909. The smallest absolute Gasteiger partial charge is 0.143 e. The van der Waals surface area contributed by atoms with Crippen molar-refractivity contribution in [3.05, 3.63) is 0 Å². The van der Waals surface area contributed by atoms with Crippen molar-refractivity contribution in [1.82, 2.24) is 10.2 Å². The molecule has 5 heteroatoms. The number of rotatable bonds is 5. The number of oxime groups is 1. The SMILES string of the molecule is CC(CNCC1CCCN(C)C1)C(N)=NO. The fourth-order valence-electron chi connectivity index (χ4n) is 2.15. The summed E-state index contributed by atoms with van der Waals surface area (Å²) in [5.74, 6) is 1.12. The normalized spacial score (nSPS) is 25.6. The van der Waals surface area contributed by atoms with E-state index >= 15 is 0 Å². The molecule has 16 heavy (non-hydrogen) atoms. The van der Waals surface area contributed by atoms with Gasteiger partial charge in [0.25, 0.3) is 0 Å². The van der Waals surface area contributed by atoms with Gasteiger partial charge in [-0.3, -0.25) is 0 Å². The van der Waals surface area contributed by atoms with Crippen molar-refractivity contribution in [2.75, 3.05) is 33.2 Å². The van der Waals surface area contributed by atoms with Gasteiger partial charge in [-0.25, -0.2) is 0 Å². The summed E-state index contributed by atoms with van der Waals surface area (Å²) in [4.78, 5) is 2.38. The lowest BCUT2D eigenvalue weighted by Crippen LogP contribution is -2.39. The largest absolute Gasteiger partial charge is 0.409 e. The van der Waals surface area contributed by atoms with Crippen molar-refractivity contribution >= 4 is 5.84 Å². The lowest BCUT2D eigenvalue weighted by Gasteiger charge is -2.30. The third kappa shape index (κ3) is 4.37. The Kier molecular flexibility index (Phi) is 5.55. The van der Waals surface area contributed by atoms with E-state index in [1.165, 1.54) is 25.9 Å². The maximum atomic E-state index is 8.52. The highest BCUT2D eigenvalue weighted by Crippen LogP contribution is 2.13.